The Morgan fingerprint density at radius 1 is 0.818 bits per heavy atom. The summed E-state index contributed by atoms with van der Waals surface area (Å²) >= 11 is 0. The maximum absolute atomic E-state index is 12.2. The monoisotopic (exact) mass is 315 g/mol. The maximum atomic E-state index is 12.2. The molecule has 1 heterocycles. The first kappa shape index (κ1) is 17.4. The minimum atomic E-state index is -0.888. The minimum Gasteiger partial charge on any atom is -0.469 e. The Hall–Kier alpha value is -2.65. The van der Waals surface area contributed by atoms with Crippen LogP contribution in [-0.4, -0.2) is 39.9 Å². The highest BCUT2D eigenvalue weighted by Gasteiger charge is 2.15. The van der Waals surface area contributed by atoms with Crippen LogP contribution in [0, 0.1) is 0 Å². The van der Waals surface area contributed by atoms with Gasteiger partial charge in [-0.15, -0.1) is 0 Å². The summed E-state index contributed by atoms with van der Waals surface area (Å²) in [5.74, 6) is -1.19. The number of nitrogens with zero attached hydrogens (tertiary/aromatic N) is 3. The first-order valence-corrected chi connectivity index (χ1v) is 6.37. The van der Waals surface area contributed by atoms with Crippen LogP contribution in [0.2, 0.25) is 0 Å². The molecule has 0 aliphatic carbocycles. The number of rotatable bonds is 6. The van der Waals surface area contributed by atoms with E-state index in [4.69, 9.17) is 0 Å². The van der Waals surface area contributed by atoms with E-state index in [1.54, 1.807) is 0 Å². The third-order valence-corrected chi connectivity index (χ3v) is 3.03. The van der Waals surface area contributed by atoms with Crippen LogP contribution in [0.4, 0.5) is 0 Å². The topological polar surface area (TPSA) is 119 Å². The summed E-state index contributed by atoms with van der Waals surface area (Å²) in [4.78, 5) is 58.3. The fraction of sp³-hybridized carbons (Fsp3) is 0.583. The number of aromatic nitrogens is 3. The van der Waals surface area contributed by atoms with Crippen molar-refractivity contribution in [3.8, 4) is 0 Å². The molecule has 0 spiro atoms. The number of carbonyl (C=O) groups is 2. The van der Waals surface area contributed by atoms with E-state index in [0.717, 1.165) is 13.7 Å². The fourth-order valence-corrected chi connectivity index (χ4v) is 1.75. The fourth-order valence-electron chi connectivity index (χ4n) is 1.75. The summed E-state index contributed by atoms with van der Waals surface area (Å²) in [6.45, 7) is -0.451. The van der Waals surface area contributed by atoms with Crippen LogP contribution in [0.1, 0.15) is 12.8 Å². The smallest absolute Gasteiger partial charge is 0.336 e. The third-order valence-electron chi connectivity index (χ3n) is 3.03. The van der Waals surface area contributed by atoms with Crippen LogP contribution in [-0.2, 0) is 39.2 Å². The van der Waals surface area contributed by atoms with Gasteiger partial charge < -0.3 is 9.47 Å². The molecule has 0 saturated heterocycles. The Bertz CT molecular complexity index is 682. The van der Waals surface area contributed by atoms with Gasteiger partial charge in [0.05, 0.1) is 27.1 Å². The maximum Gasteiger partial charge on any atom is 0.336 e. The van der Waals surface area contributed by atoms with Gasteiger partial charge in [-0.3, -0.25) is 9.59 Å². The van der Waals surface area contributed by atoms with Crippen LogP contribution in [0.3, 0.4) is 0 Å². The molecule has 0 aliphatic heterocycles. The molecular weight excluding hydrogens is 298 g/mol. The highest BCUT2D eigenvalue weighted by molar-refractivity contribution is 5.69. The van der Waals surface area contributed by atoms with E-state index in [1.807, 2.05) is 0 Å². The largest absolute Gasteiger partial charge is 0.469 e. The Labute approximate surface area is 124 Å². The summed E-state index contributed by atoms with van der Waals surface area (Å²) in [5.41, 5.74) is -2.57. The molecular formula is C12H17N3O7. The second kappa shape index (κ2) is 7.38. The highest BCUT2D eigenvalue weighted by atomic mass is 16.5. The van der Waals surface area contributed by atoms with Gasteiger partial charge in [0.2, 0.25) is 0 Å². The SMILES string of the molecule is COC(=O)CCn1c(=O)n(C)c(=O)n(CCC(=O)OC)c1=O. The molecule has 0 unspecified atom stereocenters. The molecule has 0 aliphatic rings. The number of hydrogen-bond acceptors (Lipinski definition) is 7. The van der Waals surface area contributed by atoms with Crippen molar-refractivity contribution < 1.29 is 19.1 Å². The molecule has 22 heavy (non-hydrogen) atoms. The average Bonchev–Trinajstić information content (AvgIpc) is 2.51. The van der Waals surface area contributed by atoms with Crippen molar-refractivity contribution in [2.24, 2.45) is 7.05 Å². The van der Waals surface area contributed by atoms with Crippen molar-refractivity contribution in [1.82, 2.24) is 13.7 Å². The standard InChI is InChI=1S/C12H17N3O7/c1-13-10(18)14(6-4-8(16)21-2)12(20)15(11(13)19)7-5-9(17)22-3/h4-7H2,1-3H3. The zero-order valence-corrected chi connectivity index (χ0v) is 12.5. The first-order chi connectivity index (χ1) is 10.3. The van der Waals surface area contributed by atoms with Crippen LogP contribution in [0.15, 0.2) is 14.4 Å². The average molecular weight is 315 g/mol. The van der Waals surface area contributed by atoms with Crippen LogP contribution < -0.4 is 17.1 Å². The van der Waals surface area contributed by atoms with E-state index in [-0.39, 0.29) is 25.9 Å². The zero-order valence-electron chi connectivity index (χ0n) is 12.5. The molecule has 1 aromatic rings. The molecule has 10 nitrogen and oxygen atoms in total. The molecule has 0 bridgehead atoms. The van der Waals surface area contributed by atoms with Gasteiger partial charge >= 0.3 is 29.0 Å². The van der Waals surface area contributed by atoms with Gasteiger partial charge in [-0.25, -0.2) is 28.1 Å². The van der Waals surface area contributed by atoms with Crippen molar-refractivity contribution in [3.63, 3.8) is 0 Å². The van der Waals surface area contributed by atoms with Crippen LogP contribution in [0.5, 0.6) is 0 Å². The summed E-state index contributed by atoms with van der Waals surface area (Å²) < 4.78 is 11.1. The minimum absolute atomic E-state index is 0.194. The lowest BCUT2D eigenvalue weighted by Crippen LogP contribution is -2.54. The Kier molecular flexibility index (Phi) is 5.84. The summed E-state index contributed by atoms with van der Waals surface area (Å²) in [7, 11) is 3.56. The molecule has 0 N–H and O–H groups in total. The van der Waals surface area contributed by atoms with Gasteiger partial charge in [0.15, 0.2) is 0 Å². The Balaban J connectivity index is 3.23. The summed E-state index contributed by atoms with van der Waals surface area (Å²) in [6.07, 6.45) is -0.387. The molecule has 0 atom stereocenters. The van der Waals surface area contributed by atoms with E-state index in [9.17, 15) is 24.0 Å². The van der Waals surface area contributed by atoms with Crippen molar-refractivity contribution in [2.45, 2.75) is 25.9 Å². The van der Waals surface area contributed by atoms with Crippen molar-refractivity contribution in [2.75, 3.05) is 14.2 Å². The number of methoxy groups -OCH3 is 2. The lowest BCUT2D eigenvalue weighted by atomic mass is 10.4. The first-order valence-electron chi connectivity index (χ1n) is 6.37. The van der Waals surface area contributed by atoms with Crippen molar-refractivity contribution in [1.29, 1.82) is 0 Å². The zero-order chi connectivity index (χ0) is 16.9. The number of ether oxygens (including phenoxy) is 2. The molecule has 0 aromatic carbocycles. The van der Waals surface area contributed by atoms with Gasteiger partial charge in [0, 0.05) is 20.1 Å². The van der Waals surface area contributed by atoms with Gasteiger partial charge in [-0.2, -0.15) is 0 Å². The number of carbonyl (C=O) groups excluding carboxylic acids is 2. The molecule has 10 heteroatoms. The van der Waals surface area contributed by atoms with E-state index in [2.05, 4.69) is 9.47 Å². The van der Waals surface area contributed by atoms with Crippen LogP contribution >= 0.6 is 0 Å². The quantitative estimate of drug-likeness (QED) is 0.548. The van der Waals surface area contributed by atoms with E-state index < -0.39 is 29.0 Å². The number of esters is 2. The molecule has 0 radical (unpaired) electrons. The molecule has 122 valence electrons. The van der Waals surface area contributed by atoms with Gasteiger partial charge in [-0.1, -0.05) is 0 Å². The normalized spacial score (nSPS) is 10.3. The Morgan fingerprint density at radius 3 is 1.50 bits per heavy atom. The van der Waals surface area contributed by atoms with Crippen molar-refractivity contribution >= 4 is 11.9 Å². The predicted octanol–water partition coefficient (Wildman–Crippen LogP) is -2.17. The highest BCUT2D eigenvalue weighted by Crippen LogP contribution is 1.88. The lowest BCUT2D eigenvalue weighted by Gasteiger charge is -2.10. The lowest BCUT2D eigenvalue weighted by molar-refractivity contribution is -0.141. The third kappa shape index (κ3) is 3.71. The molecule has 0 saturated carbocycles. The number of hydrogen-bond donors (Lipinski definition) is 0. The summed E-state index contributed by atoms with van der Waals surface area (Å²) in [6, 6.07) is 0. The van der Waals surface area contributed by atoms with E-state index in [1.165, 1.54) is 21.3 Å². The second-order valence-electron chi connectivity index (χ2n) is 4.36. The van der Waals surface area contributed by atoms with Crippen molar-refractivity contribution in [3.05, 3.63) is 31.5 Å². The van der Waals surface area contributed by atoms with E-state index in [0.29, 0.717) is 0 Å². The summed E-state index contributed by atoms with van der Waals surface area (Å²) in [5, 5.41) is 0. The van der Waals surface area contributed by atoms with E-state index >= 15 is 0 Å². The van der Waals surface area contributed by atoms with Crippen LogP contribution in [0.25, 0.3) is 0 Å². The molecule has 1 rings (SSSR count). The van der Waals surface area contributed by atoms with Gasteiger partial charge in [0.25, 0.3) is 0 Å². The molecule has 1 aromatic heterocycles. The predicted molar refractivity (Wildman–Crippen MR) is 73.5 cm³/mol. The molecule has 0 amide bonds. The van der Waals surface area contributed by atoms with Gasteiger partial charge in [-0.05, 0) is 0 Å². The molecule has 0 fully saturated rings. The van der Waals surface area contributed by atoms with Gasteiger partial charge in [0.1, 0.15) is 0 Å². The second-order valence-corrected chi connectivity index (χ2v) is 4.36. The Morgan fingerprint density at radius 2 is 1.18 bits per heavy atom.